The van der Waals surface area contributed by atoms with E-state index < -0.39 is 18.0 Å². The van der Waals surface area contributed by atoms with Gasteiger partial charge < -0.3 is 19.3 Å². The van der Waals surface area contributed by atoms with Crippen LogP contribution in [0.4, 0.5) is 5.82 Å². The van der Waals surface area contributed by atoms with Crippen molar-refractivity contribution in [1.29, 1.82) is 0 Å². The van der Waals surface area contributed by atoms with Crippen molar-refractivity contribution in [2.24, 2.45) is 0 Å². The molecule has 30 heavy (non-hydrogen) atoms. The number of rotatable bonds is 7. The second-order valence-corrected chi connectivity index (χ2v) is 6.95. The van der Waals surface area contributed by atoms with Crippen LogP contribution in [0.3, 0.4) is 0 Å². The minimum atomic E-state index is -1.03. The molecule has 0 aliphatic rings. The standard InChI is InChI=1S/C21H20ClN3O5/c1-12-18(13(2)30-25-12)11-28-17-6-4-5-15(9-17)21(27)29-14(3)20(26)24-19-8-7-16(22)10-23-19/h4-10,14H,11H2,1-3H3,(H,23,24,26)/t14-/m1/s1. The van der Waals surface area contributed by atoms with E-state index >= 15 is 0 Å². The number of halogens is 1. The summed E-state index contributed by atoms with van der Waals surface area (Å²) in [6.07, 6.45) is 0.379. The highest BCUT2D eigenvalue weighted by Crippen LogP contribution is 2.19. The van der Waals surface area contributed by atoms with Crippen molar-refractivity contribution < 1.29 is 23.6 Å². The van der Waals surface area contributed by atoms with Crippen LogP contribution in [0, 0.1) is 13.8 Å². The van der Waals surface area contributed by atoms with Crippen LogP contribution in [0.5, 0.6) is 5.75 Å². The van der Waals surface area contributed by atoms with Crippen LogP contribution in [0.15, 0.2) is 47.1 Å². The van der Waals surface area contributed by atoms with Gasteiger partial charge >= 0.3 is 5.97 Å². The van der Waals surface area contributed by atoms with Crippen molar-refractivity contribution in [2.45, 2.75) is 33.5 Å². The Labute approximate surface area is 178 Å². The molecule has 8 nitrogen and oxygen atoms in total. The minimum absolute atomic E-state index is 0.257. The number of nitrogens with zero attached hydrogens (tertiary/aromatic N) is 2. The van der Waals surface area contributed by atoms with Crippen LogP contribution < -0.4 is 10.1 Å². The Morgan fingerprint density at radius 3 is 2.70 bits per heavy atom. The number of carbonyl (C=O) groups excluding carboxylic acids is 2. The van der Waals surface area contributed by atoms with Gasteiger partial charge in [-0.05, 0) is 51.1 Å². The van der Waals surface area contributed by atoms with Gasteiger partial charge in [0, 0.05) is 6.20 Å². The molecule has 0 radical (unpaired) electrons. The third-order valence-corrected chi connectivity index (χ3v) is 4.49. The monoisotopic (exact) mass is 429 g/mol. The van der Waals surface area contributed by atoms with Gasteiger partial charge in [0.15, 0.2) is 6.10 Å². The van der Waals surface area contributed by atoms with Crippen molar-refractivity contribution in [3.05, 3.63) is 70.2 Å². The molecular formula is C21H20ClN3O5. The molecule has 3 aromatic rings. The molecule has 1 aromatic carbocycles. The third-order valence-electron chi connectivity index (χ3n) is 4.27. The van der Waals surface area contributed by atoms with Gasteiger partial charge in [-0.3, -0.25) is 4.79 Å². The number of esters is 1. The van der Waals surface area contributed by atoms with E-state index in [4.69, 9.17) is 25.6 Å². The average Bonchev–Trinajstić information content (AvgIpc) is 3.05. The summed E-state index contributed by atoms with van der Waals surface area (Å²) < 4.78 is 16.1. The van der Waals surface area contributed by atoms with Gasteiger partial charge in [0.1, 0.15) is 23.9 Å². The Morgan fingerprint density at radius 1 is 1.23 bits per heavy atom. The van der Waals surface area contributed by atoms with Gasteiger partial charge in [-0.2, -0.15) is 0 Å². The Bertz CT molecular complexity index is 1030. The van der Waals surface area contributed by atoms with Crippen LogP contribution in [0.1, 0.15) is 34.3 Å². The molecule has 156 valence electrons. The number of anilines is 1. The molecule has 0 unspecified atom stereocenters. The predicted octanol–water partition coefficient (Wildman–Crippen LogP) is 4.10. The third kappa shape index (κ3) is 5.36. The lowest BCUT2D eigenvalue weighted by Crippen LogP contribution is -2.30. The molecule has 1 atom stereocenters. The van der Waals surface area contributed by atoms with Crippen LogP contribution in [-0.2, 0) is 16.1 Å². The Hall–Kier alpha value is -3.39. The second-order valence-electron chi connectivity index (χ2n) is 6.52. The fourth-order valence-electron chi connectivity index (χ4n) is 2.54. The molecule has 1 N–H and O–H groups in total. The average molecular weight is 430 g/mol. The molecule has 0 aliphatic carbocycles. The summed E-state index contributed by atoms with van der Waals surface area (Å²) >= 11 is 5.76. The zero-order valence-electron chi connectivity index (χ0n) is 16.6. The Morgan fingerprint density at radius 2 is 2.03 bits per heavy atom. The van der Waals surface area contributed by atoms with E-state index in [9.17, 15) is 9.59 Å². The quantitative estimate of drug-likeness (QED) is 0.564. The summed E-state index contributed by atoms with van der Waals surface area (Å²) in [5, 5.41) is 6.89. The van der Waals surface area contributed by atoms with E-state index in [1.165, 1.54) is 13.1 Å². The SMILES string of the molecule is Cc1noc(C)c1COc1cccc(C(=O)O[C@H](C)C(=O)Nc2ccc(Cl)cn2)c1. The van der Waals surface area contributed by atoms with Crippen molar-refractivity contribution in [3.63, 3.8) is 0 Å². The predicted molar refractivity (Wildman–Crippen MR) is 110 cm³/mol. The number of pyridine rings is 1. The van der Waals surface area contributed by atoms with Gasteiger partial charge in [0.2, 0.25) is 0 Å². The molecule has 0 bridgehead atoms. The molecular weight excluding hydrogens is 410 g/mol. The maximum absolute atomic E-state index is 12.4. The summed E-state index contributed by atoms with van der Waals surface area (Å²) in [5.74, 6) is 0.306. The maximum atomic E-state index is 12.4. The Kier molecular flexibility index (Phi) is 6.68. The van der Waals surface area contributed by atoms with Crippen LogP contribution in [0.2, 0.25) is 5.02 Å². The smallest absolute Gasteiger partial charge is 0.339 e. The zero-order chi connectivity index (χ0) is 21.7. The van der Waals surface area contributed by atoms with E-state index in [0.717, 1.165) is 11.3 Å². The van der Waals surface area contributed by atoms with Crippen LogP contribution in [-0.4, -0.2) is 28.1 Å². The lowest BCUT2D eigenvalue weighted by Gasteiger charge is -2.14. The topological polar surface area (TPSA) is 104 Å². The number of amides is 1. The normalized spacial score (nSPS) is 11.6. The van der Waals surface area contributed by atoms with Crippen LogP contribution in [0.25, 0.3) is 0 Å². The van der Waals surface area contributed by atoms with Gasteiger partial charge in [-0.1, -0.05) is 22.8 Å². The fourth-order valence-corrected chi connectivity index (χ4v) is 2.65. The van der Waals surface area contributed by atoms with Gasteiger partial charge in [-0.15, -0.1) is 0 Å². The van der Waals surface area contributed by atoms with Crippen molar-refractivity contribution in [1.82, 2.24) is 10.1 Å². The molecule has 0 saturated heterocycles. The molecule has 9 heteroatoms. The second kappa shape index (κ2) is 9.41. The maximum Gasteiger partial charge on any atom is 0.339 e. The highest BCUT2D eigenvalue weighted by molar-refractivity contribution is 6.30. The van der Waals surface area contributed by atoms with E-state index in [0.29, 0.717) is 22.4 Å². The minimum Gasteiger partial charge on any atom is -0.489 e. The summed E-state index contributed by atoms with van der Waals surface area (Å²) in [7, 11) is 0. The number of ether oxygens (including phenoxy) is 2. The first kappa shape index (κ1) is 21.3. The number of aryl methyl sites for hydroxylation is 2. The number of hydrogen-bond donors (Lipinski definition) is 1. The summed E-state index contributed by atoms with van der Waals surface area (Å²) in [6, 6.07) is 9.66. The van der Waals surface area contributed by atoms with Gasteiger partial charge in [0.25, 0.3) is 5.91 Å². The molecule has 2 heterocycles. The first-order valence-electron chi connectivity index (χ1n) is 9.11. The Balaban J connectivity index is 1.58. The molecule has 0 fully saturated rings. The largest absolute Gasteiger partial charge is 0.489 e. The number of aromatic nitrogens is 2. The van der Waals surface area contributed by atoms with Crippen molar-refractivity contribution in [3.8, 4) is 5.75 Å². The highest BCUT2D eigenvalue weighted by Gasteiger charge is 2.20. The van der Waals surface area contributed by atoms with Crippen molar-refractivity contribution >= 4 is 29.3 Å². The lowest BCUT2D eigenvalue weighted by molar-refractivity contribution is -0.123. The highest BCUT2D eigenvalue weighted by atomic mass is 35.5. The van der Waals surface area contributed by atoms with Gasteiger partial charge in [0.05, 0.1) is 21.8 Å². The number of carbonyl (C=O) groups is 2. The molecule has 2 aromatic heterocycles. The molecule has 0 saturated carbocycles. The van der Waals surface area contributed by atoms with E-state index in [1.54, 1.807) is 43.3 Å². The van der Waals surface area contributed by atoms with Crippen LogP contribution >= 0.6 is 11.6 Å². The molecule has 1 amide bonds. The van der Waals surface area contributed by atoms with E-state index in [-0.39, 0.29) is 12.2 Å². The van der Waals surface area contributed by atoms with Gasteiger partial charge in [-0.25, -0.2) is 9.78 Å². The fraction of sp³-hybridized carbons (Fsp3) is 0.238. The molecule has 0 aliphatic heterocycles. The summed E-state index contributed by atoms with van der Waals surface area (Å²) in [5.41, 5.74) is 1.86. The number of nitrogens with one attached hydrogen (secondary N) is 1. The van der Waals surface area contributed by atoms with Crippen molar-refractivity contribution in [2.75, 3.05) is 5.32 Å². The zero-order valence-corrected chi connectivity index (χ0v) is 17.4. The summed E-state index contributed by atoms with van der Waals surface area (Å²) in [4.78, 5) is 28.6. The first-order valence-corrected chi connectivity index (χ1v) is 9.49. The van der Waals surface area contributed by atoms with E-state index in [1.807, 2.05) is 6.92 Å². The lowest BCUT2D eigenvalue weighted by atomic mass is 10.2. The summed E-state index contributed by atoms with van der Waals surface area (Å²) in [6.45, 7) is 5.36. The molecule has 3 rings (SSSR count). The molecule has 0 spiro atoms. The number of benzene rings is 1. The van der Waals surface area contributed by atoms with E-state index in [2.05, 4.69) is 15.5 Å². The number of hydrogen-bond acceptors (Lipinski definition) is 7. The first-order chi connectivity index (χ1) is 14.3.